The number of aliphatic carboxylic acids is 1. The quantitative estimate of drug-likeness (QED) is 0.913. The minimum atomic E-state index is -0.938. The minimum absolute atomic E-state index is 0.0529. The Hall–Kier alpha value is -2.43. The van der Waals surface area contributed by atoms with Crippen LogP contribution in [0.15, 0.2) is 42.5 Å². The van der Waals surface area contributed by atoms with Crippen molar-refractivity contribution in [1.82, 2.24) is 0 Å². The van der Waals surface area contributed by atoms with Gasteiger partial charge in [-0.3, -0.25) is 4.79 Å². The van der Waals surface area contributed by atoms with Gasteiger partial charge in [0, 0.05) is 11.6 Å². The van der Waals surface area contributed by atoms with Gasteiger partial charge in [-0.2, -0.15) is 0 Å². The van der Waals surface area contributed by atoms with Crippen molar-refractivity contribution in [3.63, 3.8) is 0 Å². The van der Waals surface area contributed by atoms with E-state index in [-0.39, 0.29) is 18.6 Å². The molecule has 0 bridgehead atoms. The zero-order valence-corrected chi connectivity index (χ0v) is 10.5. The molecule has 0 saturated heterocycles. The fourth-order valence-corrected chi connectivity index (χ4v) is 1.72. The lowest BCUT2D eigenvalue weighted by Crippen LogP contribution is -2.02. The van der Waals surface area contributed by atoms with E-state index in [0.717, 1.165) is 12.1 Å². The van der Waals surface area contributed by atoms with Gasteiger partial charge in [0.1, 0.15) is 24.0 Å². The molecule has 0 aliphatic carbocycles. The summed E-state index contributed by atoms with van der Waals surface area (Å²) < 4.78 is 31.5. The highest BCUT2D eigenvalue weighted by Gasteiger charge is 2.06. The summed E-state index contributed by atoms with van der Waals surface area (Å²) in [7, 11) is 0. The molecule has 0 atom stereocenters. The number of carboxylic acids is 1. The third kappa shape index (κ3) is 3.78. The summed E-state index contributed by atoms with van der Waals surface area (Å²) in [6.07, 6.45) is -0.109. The molecule has 5 heteroatoms. The number of hydrogen-bond acceptors (Lipinski definition) is 2. The lowest BCUT2D eigenvalue weighted by Gasteiger charge is -2.08. The summed E-state index contributed by atoms with van der Waals surface area (Å²) in [5.74, 6) is -1.82. The average Bonchev–Trinajstić information content (AvgIpc) is 2.37. The Morgan fingerprint density at radius 2 is 1.95 bits per heavy atom. The molecule has 2 aromatic rings. The van der Waals surface area contributed by atoms with Gasteiger partial charge in [0.25, 0.3) is 0 Å². The van der Waals surface area contributed by atoms with Crippen LogP contribution in [-0.4, -0.2) is 11.1 Å². The molecule has 0 heterocycles. The monoisotopic (exact) mass is 278 g/mol. The summed E-state index contributed by atoms with van der Waals surface area (Å²) in [4.78, 5) is 10.6. The summed E-state index contributed by atoms with van der Waals surface area (Å²) in [5.41, 5.74) is 0.824. The van der Waals surface area contributed by atoms with Crippen LogP contribution in [0.3, 0.4) is 0 Å². The van der Waals surface area contributed by atoms with Gasteiger partial charge in [0.2, 0.25) is 0 Å². The van der Waals surface area contributed by atoms with E-state index in [0.29, 0.717) is 11.3 Å². The molecule has 2 rings (SSSR count). The van der Waals surface area contributed by atoms with Crippen molar-refractivity contribution in [3.05, 3.63) is 65.2 Å². The van der Waals surface area contributed by atoms with E-state index in [1.165, 1.54) is 6.07 Å². The molecule has 0 fully saturated rings. The molecular formula is C15H12F2O3. The normalized spacial score (nSPS) is 10.3. The average molecular weight is 278 g/mol. The number of halogens is 2. The highest BCUT2D eigenvalue weighted by atomic mass is 19.1. The second-order valence-electron chi connectivity index (χ2n) is 4.24. The standard InChI is InChI=1S/C15H12F2O3/c16-12-5-4-11(14(17)8-12)9-20-13-3-1-2-10(6-13)7-15(18)19/h1-6,8H,7,9H2,(H,18,19). The first-order chi connectivity index (χ1) is 9.54. The van der Waals surface area contributed by atoms with Crippen LogP contribution in [0.1, 0.15) is 11.1 Å². The highest BCUT2D eigenvalue weighted by molar-refractivity contribution is 5.70. The van der Waals surface area contributed by atoms with Crippen molar-refractivity contribution < 1.29 is 23.4 Å². The lowest BCUT2D eigenvalue weighted by atomic mass is 10.1. The Bertz CT molecular complexity index is 626. The highest BCUT2D eigenvalue weighted by Crippen LogP contribution is 2.17. The predicted molar refractivity (Wildman–Crippen MR) is 68.5 cm³/mol. The van der Waals surface area contributed by atoms with Crippen LogP contribution in [0.4, 0.5) is 8.78 Å². The van der Waals surface area contributed by atoms with Crippen molar-refractivity contribution in [2.75, 3.05) is 0 Å². The number of ether oxygens (including phenoxy) is 1. The molecule has 0 radical (unpaired) electrons. The fraction of sp³-hybridized carbons (Fsp3) is 0.133. The van der Waals surface area contributed by atoms with Gasteiger partial charge in [-0.1, -0.05) is 12.1 Å². The van der Waals surface area contributed by atoms with Crippen LogP contribution < -0.4 is 4.74 Å². The largest absolute Gasteiger partial charge is 0.489 e. The van der Waals surface area contributed by atoms with E-state index >= 15 is 0 Å². The van der Waals surface area contributed by atoms with Gasteiger partial charge in [-0.25, -0.2) is 8.78 Å². The van der Waals surface area contributed by atoms with E-state index < -0.39 is 17.6 Å². The maximum atomic E-state index is 13.4. The van der Waals surface area contributed by atoms with E-state index in [4.69, 9.17) is 9.84 Å². The van der Waals surface area contributed by atoms with E-state index in [1.54, 1.807) is 24.3 Å². The van der Waals surface area contributed by atoms with Gasteiger partial charge in [-0.05, 0) is 29.8 Å². The molecule has 0 aliphatic heterocycles. The molecule has 20 heavy (non-hydrogen) atoms. The van der Waals surface area contributed by atoms with Crippen LogP contribution in [-0.2, 0) is 17.8 Å². The first kappa shape index (κ1) is 14.0. The summed E-state index contributed by atoms with van der Waals surface area (Å²) in [6.45, 7) is -0.0529. The lowest BCUT2D eigenvalue weighted by molar-refractivity contribution is -0.136. The van der Waals surface area contributed by atoms with Crippen molar-refractivity contribution in [3.8, 4) is 5.75 Å². The Balaban J connectivity index is 2.05. The zero-order chi connectivity index (χ0) is 14.5. The van der Waals surface area contributed by atoms with Gasteiger partial charge in [0.15, 0.2) is 0 Å². The number of rotatable bonds is 5. The smallest absolute Gasteiger partial charge is 0.307 e. The van der Waals surface area contributed by atoms with E-state index in [1.807, 2.05) is 0 Å². The molecule has 1 N–H and O–H groups in total. The minimum Gasteiger partial charge on any atom is -0.489 e. The van der Waals surface area contributed by atoms with Crippen LogP contribution in [0.25, 0.3) is 0 Å². The molecule has 2 aromatic carbocycles. The second kappa shape index (κ2) is 6.14. The maximum Gasteiger partial charge on any atom is 0.307 e. The summed E-state index contributed by atoms with van der Waals surface area (Å²) >= 11 is 0. The maximum absolute atomic E-state index is 13.4. The van der Waals surface area contributed by atoms with Crippen molar-refractivity contribution in [1.29, 1.82) is 0 Å². The Labute approximate surface area is 114 Å². The zero-order valence-electron chi connectivity index (χ0n) is 10.5. The molecule has 0 aliphatic rings. The van der Waals surface area contributed by atoms with Gasteiger partial charge >= 0.3 is 5.97 Å². The molecular weight excluding hydrogens is 266 g/mol. The van der Waals surface area contributed by atoms with E-state index in [9.17, 15) is 13.6 Å². The van der Waals surface area contributed by atoms with Gasteiger partial charge in [0.05, 0.1) is 6.42 Å². The first-order valence-electron chi connectivity index (χ1n) is 5.92. The van der Waals surface area contributed by atoms with Gasteiger partial charge < -0.3 is 9.84 Å². The van der Waals surface area contributed by atoms with Crippen molar-refractivity contribution in [2.24, 2.45) is 0 Å². The van der Waals surface area contributed by atoms with Crippen LogP contribution in [0, 0.1) is 11.6 Å². The predicted octanol–water partition coefficient (Wildman–Crippen LogP) is 3.17. The van der Waals surface area contributed by atoms with Gasteiger partial charge in [-0.15, -0.1) is 0 Å². The summed E-state index contributed by atoms with van der Waals surface area (Å²) in [6, 6.07) is 9.81. The molecule has 3 nitrogen and oxygen atoms in total. The van der Waals surface area contributed by atoms with Crippen LogP contribution in [0.2, 0.25) is 0 Å². The molecule has 104 valence electrons. The van der Waals surface area contributed by atoms with Crippen LogP contribution >= 0.6 is 0 Å². The van der Waals surface area contributed by atoms with Crippen molar-refractivity contribution in [2.45, 2.75) is 13.0 Å². The Kier molecular flexibility index (Phi) is 4.30. The topological polar surface area (TPSA) is 46.5 Å². The number of hydrogen-bond donors (Lipinski definition) is 1. The molecule has 0 unspecified atom stereocenters. The number of carboxylic acid groups (broad SMARTS) is 1. The number of benzene rings is 2. The number of carbonyl (C=O) groups is 1. The Morgan fingerprint density at radius 3 is 2.65 bits per heavy atom. The summed E-state index contributed by atoms with van der Waals surface area (Å²) in [5, 5.41) is 8.70. The molecule has 0 spiro atoms. The second-order valence-corrected chi connectivity index (χ2v) is 4.24. The molecule has 0 amide bonds. The van der Waals surface area contributed by atoms with E-state index in [2.05, 4.69) is 0 Å². The first-order valence-corrected chi connectivity index (χ1v) is 5.92. The van der Waals surface area contributed by atoms with Crippen LogP contribution in [0.5, 0.6) is 5.75 Å². The third-order valence-electron chi connectivity index (χ3n) is 2.66. The Morgan fingerprint density at radius 1 is 1.15 bits per heavy atom. The fourth-order valence-electron chi connectivity index (χ4n) is 1.72. The molecule has 0 saturated carbocycles. The SMILES string of the molecule is O=C(O)Cc1cccc(OCc2ccc(F)cc2F)c1. The third-order valence-corrected chi connectivity index (χ3v) is 2.66. The molecule has 0 aromatic heterocycles. The van der Waals surface area contributed by atoms with Crippen molar-refractivity contribution >= 4 is 5.97 Å².